The minimum Gasteiger partial charge on any atom is -0.497 e. The summed E-state index contributed by atoms with van der Waals surface area (Å²) in [6, 6.07) is 11.9. The lowest BCUT2D eigenvalue weighted by Gasteiger charge is -2.29. The number of ether oxygens (including phenoxy) is 1. The summed E-state index contributed by atoms with van der Waals surface area (Å²) in [5, 5.41) is 2.98. The lowest BCUT2D eigenvalue weighted by Crippen LogP contribution is -2.48. The first-order valence-corrected chi connectivity index (χ1v) is 12.1. The zero-order valence-corrected chi connectivity index (χ0v) is 18.8. The van der Waals surface area contributed by atoms with Crippen LogP contribution in [0.4, 0.5) is 5.69 Å². The van der Waals surface area contributed by atoms with Gasteiger partial charge in [0.1, 0.15) is 11.8 Å². The average molecular weight is 431 g/mol. The first-order chi connectivity index (χ1) is 14.2. The Kier molecular flexibility index (Phi) is 6.71. The average Bonchev–Trinajstić information content (AvgIpc) is 2.72. The van der Waals surface area contributed by atoms with E-state index in [0.29, 0.717) is 11.4 Å². The molecule has 6 nitrogen and oxygen atoms in total. The number of anilines is 1. The van der Waals surface area contributed by atoms with Crippen LogP contribution < -0.4 is 14.4 Å². The fourth-order valence-electron chi connectivity index (χ4n) is 4.00. The molecule has 0 saturated carbocycles. The first-order valence-electron chi connectivity index (χ1n) is 10.3. The van der Waals surface area contributed by atoms with E-state index in [0.717, 1.165) is 29.0 Å². The van der Waals surface area contributed by atoms with Gasteiger partial charge in [-0.1, -0.05) is 24.3 Å². The number of benzene rings is 2. The minimum atomic E-state index is -3.68. The van der Waals surface area contributed by atoms with E-state index >= 15 is 0 Å². The van der Waals surface area contributed by atoms with Crippen LogP contribution in [-0.4, -0.2) is 33.7 Å². The van der Waals surface area contributed by atoms with Gasteiger partial charge in [-0.25, -0.2) is 8.42 Å². The molecule has 0 aromatic heterocycles. The number of carbonyl (C=O) groups is 1. The van der Waals surface area contributed by atoms with Gasteiger partial charge in [-0.2, -0.15) is 0 Å². The summed E-state index contributed by atoms with van der Waals surface area (Å²) in [4.78, 5) is 13.0. The van der Waals surface area contributed by atoms with Crippen molar-refractivity contribution in [1.82, 2.24) is 5.32 Å². The molecule has 2 aromatic rings. The molecule has 0 radical (unpaired) electrons. The number of rotatable bonds is 7. The topological polar surface area (TPSA) is 75.7 Å². The van der Waals surface area contributed by atoms with Crippen LogP contribution in [0.3, 0.4) is 0 Å². The summed E-state index contributed by atoms with van der Waals surface area (Å²) in [6.07, 6.45) is 5.69. The Hall–Kier alpha value is -2.54. The fraction of sp³-hybridized carbons (Fsp3) is 0.435. The molecule has 0 bridgehead atoms. The van der Waals surface area contributed by atoms with Crippen LogP contribution >= 0.6 is 0 Å². The molecule has 162 valence electrons. The van der Waals surface area contributed by atoms with Gasteiger partial charge in [-0.15, -0.1) is 0 Å². The van der Waals surface area contributed by atoms with E-state index in [4.69, 9.17) is 4.74 Å². The largest absolute Gasteiger partial charge is 0.497 e. The molecule has 1 aliphatic rings. The Morgan fingerprint density at radius 3 is 2.43 bits per heavy atom. The van der Waals surface area contributed by atoms with E-state index in [9.17, 15) is 13.2 Å². The smallest absolute Gasteiger partial charge is 0.244 e. The van der Waals surface area contributed by atoms with Crippen LogP contribution in [0.25, 0.3) is 0 Å². The van der Waals surface area contributed by atoms with Gasteiger partial charge >= 0.3 is 0 Å². The van der Waals surface area contributed by atoms with E-state index in [-0.39, 0.29) is 11.9 Å². The van der Waals surface area contributed by atoms with Crippen LogP contribution in [0.2, 0.25) is 0 Å². The number of sulfonamides is 1. The molecule has 3 rings (SSSR count). The molecule has 30 heavy (non-hydrogen) atoms. The number of fused-ring (bicyclic) bond motifs is 1. The molecule has 1 N–H and O–H groups in total. The number of carbonyl (C=O) groups excluding carboxylic acids is 1. The van der Waals surface area contributed by atoms with Crippen LogP contribution in [0.15, 0.2) is 42.5 Å². The third kappa shape index (κ3) is 4.95. The highest BCUT2D eigenvalue weighted by molar-refractivity contribution is 7.92. The second-order valence-corrected chi connectivity index (χ2v) is 9.76. The van der Waals surface area contributed by atoms with Crippen molar-refractivity contribution in [1.29, 1.82) is 0 Å². The Morgan fingerprint density at radius 2 is 1.77 bits per heavy atom. The van der Waals surface area contributed by atoms with Crippen molar-refractivity contribution in [3.05, 3.63) is 59.2 Å². The number of nitrogens with one attached hydrogen (secondary N) is 1. The number of hydrogen-bond acceptors (Lipinski definition) is 4. The maximum absolute atomic E-state index is 13.0. The van der Waals surface area contributed by atoms with Crippen LogP contribution in [-0.2, 0) is 27.7 Å². The second kappa shape index (κ2) is 9.08. The van der Waals surface area contributed by atoms with Gasteiger partial charge in [-0.05, 0) is 68.4 Å². The highest BCUT2D eigenvalue weighted by Crippen LogP contribution is 2.27. The molecule has 0 heterocycles. The van der Waals surface area contributed by atoms with Gasteiger partial charge in [0.15, 0.2) is 0 Å². The highest BCUT2D eigenvalue weighted by Gasteiger charge is 2.30. The number of methoxy groups -OCH3 is 1. The lowest BCUT2D eigenvalue weighted by atomic mass is 9.89. The summed E-state index contributed by atoms with van der Waals surface area (Å²) >= 11 is 0. The van der Waals surface area contributed by atoms with E-state index in [2.05, 4.69) is 23.5 Å². The maximum Gasteiger partial charge on any atom is 0.244 e. The SMILES string of the molecule is COc1cccc(N([C@@H](C)C(=O)N[C@@H](C)c2ccc3c(c2)CCCC3)S(C)(=O)=O)c1. The Labute approximate surface area is 179 Å². The van der Waals surface area contributed by atoms with E-state index in [1.54, 1.807) is 31.2 Å². The van der Waals surface area contributed by atoms with Crippen LogP contribution in [0.1, 0.15) is 49.4 Å². The number of hydrogen-bond donors (Lipinski definition) is 1. The summed E-state index contributed by atoms with van der Waals surface area (Å²) in [7, 11) is -2.17. The maximum atomic E-state index is 13.0. The quantitative estimate of drug-likeness (QED) is 0.728. The van der Waals surface area contributed by atoms with E-state index < -0.39 is 16.1 Å². The Morgan fingerprint density at radius 1 is 1.07 bits per heavy atom. The van der Waals surface area contributed by atoms with Gasteiger partial charge in [-0.3, -0.25) is 9.10 Å². The molecule has 1 aliphatic carbocycles. The number of nitrogens with zero attached hydrogens (tertiary/aromatic N) is 1. The van der Waals surface area contributed by atoms with Gasteiger partial charge in [0.25, 0.3) is 0 Å². The van der Waals surface area contributed by atoms with Crippen molar-refractivity contribution >= 4 is 21.6 Å². The van der Waals surface area contributed by atoms with E-state index in [1.165, 1.54) is 31.1 Å². The molecule has 0 spiro atoms. The molecule has 0 saturated heterocycles. The third-order valence-electron chi connectivity index (χ3n) is 5.63. The predicted octanol–water partition coefficient (Wildman–Crippen LogP) is 3.61. The first kappa shape index (κ1) is 22.2. The molecular weight excluding hydrogens is 400 g/mol. The Balaban J connectivity index is 1.80. The van der Waals surface area contributed by atoms with Gasteiger partial charge in [0.05, 0.1) is 25.1 Å². The minimum absolute atomic E-state index is 0.223. The molecule has 2 atom stereocenters. The second-order valence-electron chi connectivity index (χ2n) is 7.90. The Bertz CT molecular complexity index is 1020. The molecule has 0 unspecified atom stereocenters. The predicted molar refractivity (Wildman–Crippen MR) is 119 cm³/mol. The lowest BCUT2D eigenvalue weighted by molar-refractivity contribution is -0.122. The fourth-order valence-corrected chi connectivity index (χ4v) is 5.16. The zero-order chi connectivity index (χ0) is 21.9. The molecule has 0 fully saturated rings. The van der Waals surface area contributed by atoms with Gasteiger partial charge in [0.2, 0.25) is 15.9 Å². The van der Waals surface area contributed by atoms with Crippen molar-refractivity contribution in [3.63, 3.8) is 0 Å². The van der Waals surface area contributed by atoms with Crippen molar-refractivity contribution in [2.75, 3.05) is 17.7 Å². The van der Waals surface area contributed by atoms with Gasteiger partial charge in [0, 0.05) is 6.07 Å². The van der Waals surface area contributed by atoms with Crippen LogP contribution in [0.5, 0.6) is 5.75 Å². The highest BCUT2D eigenvalue weighted by atomic mass is 32.2. The van der Waals surface area contributed by atoms with Crippen molar-refractivity contribution in [2.45, 2.75) is 51.6 Å². The normalized spacial score (nSPS) is 15.6. The number of aryl methyl sites for hydroxylation is 2. The molecule has 7 heteroatoms. The summed E-state index contributed by atoms with van der Waals surface area (Å²) < 4.78 is 31.3. The molecule has 1 amide bonds. The monoisotopic (exact) mass is 430 g/mol. The molecule has 2 aromatic carbocycles. The molecule has 0 aliphatic heterocycles. The van der Waals surface area contributed by atoms with Gasteiger partial charge < -0.3 is 10.1 Å². The van der Waals surface area contributed by atoms with Crippen LogP contribution in [0, 0.1) is 0 Å². The van der Waals surface area contributed by atoms with E-state index in [1.807, 2.05) is 6.92 Å². The third-order valence-corrected chi connectivity index (χ3v) is 6.87. The molecular formula is C23H30N2O4S. The van der Waals surface area contributed by atoms with Crippen molar-refractivity contribution in [2.24, 2.45) is 0 Å². The summed E-state index contributed by atoms with van der Waals surface area (Å²) in [6.45, 7) is 3.51. The van der Waals surface area contributed by atoms with Crippen molar-refractivity contribution in [3.8, 4) is 5.75 Å². The zero-order valence-electron chi connectivity index (χ0n) is 18.0. The standard InChI is InChI=1S/C23H30N2O4S/c1-16(19-13-12-18-8-5-6-9-20(18)14-19)24-23(26)17(2)25(30(4,27)28)21-10-7-11-22(15-21)29-3/h7,10-17H,5-6,8-9H2,1-4H3,(H,24,26)/t16-,17-/m0/s1. The summed E-state index contributed by atoms with van der Waals surface area (Å²) in [5.41, 5.74) is 4.16. The van der Waals surface area contributed by atoms with Crippen molar-refractivity contribution < 1.29 is 17.9 Å². The summed E-state index contributed by atoms with van der Waals surface area (Å²) in [5.74, 6) is 0.171. The number of amides is 1.